The van der Waals surface area contributed by atoms with Crippen molar-refractivity contribution >= 4 is 21.7 Å². The summed E-state index contributed by atoms with van der Waals surface area (Å²) in [4.78, 5) is 2.37. The van der Waals surface area contributed by atoms with E-state index in [1.807, 2.05) is 0 Å². The summed E-state index contributed by atoms with van der Waals surface area (Å²) in [6.45, 7) is 2.02. The third kappa shape index (κ3) is 1.88. The van der Waals surface area contributed by atoms with Crippen molar-refractivity contribution in [3.63, 3.8) is 0 Å². The second-order valence-corrected chi connectivity index (χ2v) is 6.62. The van der Waals surface area contributed by atoms with E-state index in [2.05, 4.69) is 49.2 Å². The fourth-order valence-electron chi connectivity index (χ4n) is 3.26. The Morgan fingerprint density at radius 3 is 2.90 bits per heavy atom. The summed E-state index contributed by atoms with van der Waals surface area (Å²) in [5.74, 6) is 1.12. The summed E-state index contributed by atoms with van der Waals surface area (Å²) >= 11 is 3.55. The number of aromatic amines is 1. The second-order valence-electron chi connectivity index (χ2n) is 5.70. The van der Waals surface area contributed by atoms with Crippen molar-refractivity contribution < 1.29 is 0 Å². The van der Waals surface area contributed by atoms with Gasteiger partial charge in [0.15, 0.2) is 5.82 Å². The van der Waals surface area contributed by atoms with Gasteiger partial charge in [0.25, 0.3) is 0 Å². The molecule has 0 unspecified atom stereocenters. The molecule has 1 aliphatic carbocycles. The molecule has 0 bridgehead atoms. The molecule has 0 atom stereocenters. The molecule has 2 heterocycles. The number of fused-ring (bicyclic) bond motifs is 3. The van der Waals surface area contributed by atoms with E-state index in [0.717, 1.165) is 42.6 Å². The van der Waals surface area contributed by atoms with Crippen molar-refractivity contribution in [2.75, 3.05) is 18.0 Å². The number of aromatic nitrogens is 2. The first kappa shape index (κ1) is 12.4. The van der Waals surface area contributed by atoms with Gasteiger partial charge in [-0.1, -0.05) is 22.0 Å². The fourth-order valence-corrected chi connectivity index (χ4v) is 3.67. The lowest BCUT2D eigenvalue weighted by Gasteiger charge is -2.30. The van der Waals surface area contributed by atoms with Gasteiger partial charge in [-0.25, -0.2) is 0 Å². The Morgan fingerprint density at radius 2 is 2.10 bits per heavy atom. The van der Waals surface area contributed by atoms with Crippen LogP contribution in [0.5, 0.6) is 0 Å². The number of anilines is 1. The molecule has 1 aromatic heterocycles. The van der Waals surface area contributed by atoms with Gasteiger partial charge in [-0.3, -0.25) is 5.10 Å². The van der Waals surface area contributed by atoms with Gasteiger partial charge in [-0.05, 0) is 30.5 Å². The lowest BCUT2D eigenvalue weighted by atomic mass is 10.1. The van der Waals surface area contributed by atoms with Crippen LogP contribution in [0.25, 0.3) is 11.3 Å². The number of nitrogens with two attached hydrogens (primary N) is 1. The van der Waals surface area contributed by atoms with Gasteiger partial charge in [0.2, 0.25) is 0 Å². The van der Waals surface area contributed by atoms with Crippen molar-refractivity contribution in [3.05, 3.63) is 33.8 Å². The molecule has 4 rings (SSSR count). The minimum Gasteiger partial charge on any atom is -0.355 e. The van der Waals surface area contributed by atoms with Crippen LogP contribution in [0.3, 0.4) is 0 Å². The first-order valence-electron chi connectivity index (χ1n) is 7.09. The molecule has 1 fully saturated rings. The summed E-state index contributed by atoms with van der Waals surface area (Å²) in [5, 5.41) is 7.79. The topological polar surface area (TPSA) is 57.9 Å². The predicted molar refractivity (Wildman–Crippen MR) is 84.0 cm³/mol. The number of H-pyrrole nitrogens is 1. The highest BCUT2D eigenvalue weighted by molar-refractivity contribution is 9.10. The Morgan fingerprint density at radius 1 is 1.30 bits per heavy atom. The zero-order valence-electron chi connectivity index (χ0n) is 11.2. The van der Waals surface area contributed by atoms with Crippen LogP contribution in [-0.2, 0) is 6.42 Å². The smallest absolute Gasteiger partial charge is 0.154 e. The van der Waals surface area contributed by atoms with Crippen LogP contribution in [-0.4, -0.2) is 29.3 Å². The van der Waals surface area contributed by atoms with E-state index in [9.17, 15) is 0 Å². The molecule has 3 N–H and O–H groups in total. The number of benzene rings is 1. The molecule has 2 aliphatic rings. The van der Waals surface area contributed by atoms with E-state index in [-0.39, 0.29) is 0 Å². The Hall–Kier alpha value is -1.33. The van der Waals surface area contributed by atoms with Crippen LogP contribution >= 0.6 is 15.9 Å². The van der Waals surface area contributed by atoms with E-state index >= 15 is 0 Å². The van der Waals surface area contributed by atoms with Crippen molar-refractivity contribution in [3.8, 4) is 11.3 Å². The highest BCUT2D eigenvalue weighted by atomic mass is 79.9. The van der Waals surface area contributed by atoms with Crippen molar-refractivity contribution in [2.24, 2.45) is 5.73 Å². The van der Waals surface area contributed by atoms with Crippen LogP contribution in [0.2, 0.25) is 0 Å². The summed E-state index contributed by atoms with van der Waals surface area (Å²) in [6.07, 6.45) is 3.08. The van der Waals surface area contributed by atoms with Crippen molar-refractivity contribution in [1.82, 2.24) is 10.2 Å². The molecule has 20 heavy (non-hydrogen) atoms. The molecule has 0 spiro atoms. The molecule has 2 aromatic rings. The maximum absolute atomic E-state index is 5.99. The molecule has 1 aromatic carbocycles. The maximum Gasteiger partial charge on any atom is 0.154 e. The van der Waals surface area contributed by atoms with Crippen LogP contribution in [0.1, 0.15) is 24.0 Å². The normalized spacial score (nSPS) is 18.2. The summed E-state index contributed by atoms with van der Waals surface area (Å²) in [7, 11) is 0. The van der Waals surface area contributed by atoms with Gasteiger partial charge in [-0.2, -0.15) is 5.10 Å². The fraction of sp³-hybridized carbons (Fsp3) is 0.400. The van der Waals surface area contributed by atoms with E-state index in [1.165, 1.54) is 22.4 Å². The zero-order chi connectivity index (χ0) is 13.7. The molecule has 104 valence electrons. The van der Waals surface area contributed by atoms with E-state index in [0.29, 0.717) is 6.04 Å². The third-order valence-corrected chi connectivity index (χ3v) is 4.88. The largest absolute Gasteiger partial charge is 0.355 e. The molecule has 4 nitrogen and oxygen atoms in total. The minimum absolute atomic E-state index is 0.353. The number of nitrogens with zero attached hydrogens (tertiary/aromatic N) is 2. The first-order valence-corrected chi connectivity index (χ1v) is 7.88. The summed E-state index contributed by atoms with van der Waals surface area (Å²) in [6, 6.07) is 6.82. The van der Waals surface area contributed by atoms with Gasteiger partial charge >= 0.3 is 0 Å². The Bertz CT molecular complexity index is 656. The van der Waals surface area contributed by atoms with Gasteiger partial charge in [0.1, 0.15) is 0 Å². The number of nitrogens with one attached hydrogen (secondary N) is 1. The average Bonchev–Trinajstić information content (AvgIpc) is 2.98. The van der Waals surface area contributed by atoms with Crippen LogP contribution < -0.4 is 10.6 Å². The second kappa shape index (κ2) is 4.60. The number of halogens is 1. The van der Waals surface area contributed by atoms with Crippen LogP contribution in [0.4, 0.5) is 5.82 Å². The Labute approximate surface area is 126 Å². The highest BCUT2D eigenvalue weighted by Crippen LogP contribution is 2.41. The van der Waals surface area contributed by atoms with Crippen molar-refractivity contribution in [2.45, 2.75) is 25.3 Å². The van der Waals surface area contributed by atoms with Gasteiger partial charge in [0.05, 0.1) is 5.69 Å². The monoisotopic (exact) mass is 332 g/mol. The summed E-state index contributed by atoms with van der Waals surface area (Å²) in [5.41, 5.74) is 11.2. The van der Waals surface area contributed by atoms with Crippen molar-refractivity contribution in [1.29, 1.82) is 0 Å². The number of hydrogen-bond acceptors (Lipinski definition) is 3. The molecule has 5 heteroatoms. The van der Waals surface area contributed by atoms with Crippen LogP contribution in [0, 0.1) is 0 Å². The van der Waals surface area contributed by atoms with E-state index in [1.54, 1.807) is 0 Å². The van der Waals surface area contributed by atoms with E-state index < -0.39 is 0 Å². The summed E-state index contributed by atoms with van der Waals surface area (Å²) < 4.78 is 1.14. The molecular formula is C15H17BrN4. The van der Waals surface area contributed by atoms with E-state index in [4.69, 9.17) is 5.73 Å². The SMILES string of the molecule is NC1CCN(c2n[nH]c3c2Cc2cc(Br)ccc2-3)CC1. The molecule has 1 saturated heterocycles. The zero-order valence-corrected chi connectivity index (χ0v) is 12.8. The van der Waals surface area contributed by atoms with Gasteiger partial charge < -0.3 is 10.6 Å². The highest BCUT2D eigenvalue weighted by Gasteiger charge is 2.28. The van der Waals surface area contributed by atoms with Gasteiger partial charge in [-0.15, -0.1) is 0 Å². The molecule has 0 saturated carbocycles. The number of hydrogen-bond donors (Lipinski definition) is 2. The number of rotatable bonds is 1. The average molecular weight is 333 g/mol. The maximum atomic E-state index is 5.99. The first-order chi connectivity index (χ1) is 9.72. The van der Waals surface area contributed by atoms with Crippen LogP contribution in [0.15, 0.2) is 22.7 Å². The quantitative estimate of drug-likeness (QED) is 0.720. The molecule has 1 aliphatic heterocycles. The van der Waals surface area contributed by atoms with Gasteiger partial charge in [0, 0.05) is 41.2 Å². The lowest BCUT2D eigenvalue weighted by Crippen LogP contribution is -2.40. The predicted octanol–water partition coefficient (Wildman–Crippen LogP) is 2.67. The molecular weight excluding hydrogens is 316 g/mol. The molecule has 0 amide bonds. The minimum atomic E-state index is 0.353. The third-order valence-electron chi connectivity index (χ3n) is 4.39. The Kier molecular flexibility index (Phi) is 2.86. The standard InChI is InChI=1S/C15H17BrN4/c16-10-1-2-12-9(7-10)8-13-14(12)18-19-15(13)20-5-3-11(17)4-6-20/h1-2,7,11H,3-6,8,17H2,(H,18,19). The molecule has 0 radical (unpaired) electrons. The Balaban J connectivity index is 1.69. The number of piperidine rings is 1. The lowest BCUT2D eigenvalue weighted by molar-refractivity contribution is 0.498.